The Morgan fingerprint density at radius 2 is 0.882 bits per heavy atom. The van der Waals surface area contributed by atoms with Crippen molar-refractivity contribution in [1.29, 1.82) is 0 Å². The van der Waals surface area contributed by atoms with Gasteiger partial charge in [-0.1, -0.05) is 162 Å². The van der Waals surface area contributed by atoms with E-state index in [1.165, 1.54) is 83.7 Å². The van der Waals surface area contributed by atoms with E-state index in [9.17, 15) is 0 Å². The molecular formula is C50H41N. The summed E-state index contributed by atoms with van der Waals surface area (Å²) >= 11 is 0. The van der Waals surface area contributed by atoms with E-state index in [1.807, 2.05) is 0 Å². The molecule has 0 radical (unpaired) electrons. The molecule has 1 spiro atoms. The van der Waals surface area contributed by atoms with Crippen molar-refractivity contribution in [1.82, 2.24) is 0 Å². The molecule has 10 rings (SSSR count). The summed E-state index contributed by atoms with van der Waals surface area (Å²) in [6.07, 6.45) is 0. The lowest BCUT2D eigenvalue weighted by atomic mass is 9.70. The molecule has 0 heterocycles. The first-order valence-electron chi connectivity index (χ1n) is 18.3. The van der Waals surface area contributed by atoms with Gasteiger partial charge >= 0.3 is 0 Å². The van der Waals surface area contributed by atoms with Gasteiger partial charge in [0.15, 0.2) is 0 Å². The molecule has 0 atom stereocenters. The van der Waals surface area contributed by atoms with Gasteiger partial charge in [0.1, 0.15) is 0 Å². The molecule has 0 aromatic heterocycles. The molecule has 1 nitrogen and oxygen atoms in total. The Morgan fingerprint density at radius 1 is 0.412 bits per heavy atom. The van der Waals surface area contributed by atoms with Gasteiger partial charge in [-0.25, -0.2) is 0 Å². The molecule has 3 aliphatic carbocycles. The van der Waals surface area contributed by atoms with Crippen LogP contribution in [0.5, 0.6) is 0 Å². The molecule has 0 saturated carbocycles. The summed E-state index contributed by atoms with van der Waals surface area (Å²) in [4.78, 5) is 2.52. The first-order chi connectivity index (χ1) is 24.7. The van der Waals surface area contributed by atoms with Crippen LogP contribution < -0.4 is 4.90 Å². The fraction of sp³-hybridized carbons (Fsp3) is 0.160. The lowest BCUT2D eigenvalue weighted by molar-refractivity contribution is 0.590. The van der Waals surface area contributed by atoms with Crippen molar-refractivity contribution >= 4 is 17.1 Å². The molecule has 246 valence electrons. The van der Waals surface area contributed by atoms with Gasteiger partial charge in [0, 0.05) is 22.4 Å². The van der Waals surface area contributed by atoms with Crippen LogP contribution in [0, 0.1) is 0 Å². The first kappa shape index (κ1) is 30.2. The largest absolute Gasteiger partial charge is 0.310 e. The van der Waals surface area contributed by atoms with Crippen LogP contribution in [0.15, 0.2) is 158 Å². The van der Waals surface area contributed by atoms with Crippen molar-refractivity contribution in [2.24, 2.45) is 0 Å². The van der Waals surface area contributed by atoms with E-state index in [4.69, 9.17) is 0 Å². The van der Waals surface area contributed by atoms with Crippen LogP contribution in [-0.2, 0) is 16.2 Å². The highest BCUT2D eigenvalue weighted by molar-refractivity contribution is 6.01. The first-order valence-corrected chi connectivity index (χ1v) is 18.3. The quantitative estimate of drug-likeness (QED) is 0.183. The van der Waals surface area contributed by atoms with Gasteiger partial charge in [-0.2, -0.15) is 0 Å². The van der Waals surface area contributed by atoms with Gasteiger partial charge in [-0.05, 0) is 103 Å². The molecule has 0 amide bonds. The van der Waals surface area contributed by atoms with E-state index in [-0.39, 0.29) is 10.8 Å². The highest BCUT2D eigenvalue weighted by Gasteiger charge is 2.52. The molecule has 51 heavy (non-hydrogen) atoms. The summed E-state index contributed by atoms with van der Waals surface area (Å²) in [6.45, 7) is 11.6. The number of anilines is 3. The van der Waals surface area contributed by atoms with Crippen molar-refractivity contribution in [3.05, 3.63) is 197 Å². The molecule has 0 N–H and O–H groups in total. The maximum Gasteiger partial charge on any atom is 0.0726 e. The predicted molar refractivity (Wildman–Crippen MR) is 214 cm³/mol. The molecule has 3 aliphatic rings. The predicted octanol–water partition coefficient (Wildman–Crippen LogP) is 13.1. The average molecular weight is 656 g/mol. The molecule has 0 bridgehead atoms. The molecule has 0 fully saturated rings. The van der Waals surface area contributed by atoms with E-state index >= 15 is 0 Å². The van der Waals surface area contributed by atoms with Gasteiger partial charge < -0.3 is 4.90 Å². The third kappa shape index (κ3) is 3.98. The topological polar surface area (TPSA) is 3.24 Å². The van der Waals surface area contributed by atoms with Crippen molar-refractivity contribution in [3.63, 3.8) is 0 Å². The minimum absolute atomic E-state index is 0.0648. The minimum Gasteiger partial charge on any atom is -0.310 e. The van der Waals surface area contributed by atoms with E-state index in [2.05, 4.69) is 197 Å². The fourth-order valence-corrected chi connectivity index (χ4v) is 9.68. The van der Waals surface area contributed by atoms with Crippen molar-refractivity contribution in [2.45, 2.75) is 50.9 Å². The lowest BCUT2D eigenvalue weighted by Crippen LogP contribution is -2.26. The maximum atomic E-state index is 2.52. The summed E-state index contributed by atoms with van der Waals surface area (Å²) in [5.41, 5.74) is 20.6. The Morgan fingerprint density at radius 3 is 1.49 bits per heavy atom. The second-order valence-corrected chi connectivity index (χ2v) is 16.1. The second kappa shape index (κ2) is 10.4. The Labute approximate surface area is 301 Å². The number of rotatable bonds is 3. The number of hydrogen-bond donors (Lipinski definition) is 0. The van der Waals surface area contributed by atoms with Crippen molar-refractivity contribution in [3.8, 4) is 33.4 Å². The fourth-order valence-electron chi connectivity index (χ4n) is 9.68. The van der Waals surface area contributed by atoms with E-state index in [0.29, 0.717) is 0 Å². The zero-order valence-electron chi connectivity index (χ0n) is 30.0. The zero-order valence-corrected chi connectivity index (χ0v) is 30.0. The van der Waals surface area contributed by atoms with Crippen LogP contribution in [0.4, 0.5) is 17.1 Å². The van der Waals surface area contributed by atoms with Crippen molar-refractivity contribution in [2.75, 3.05) is 4.90 Å². The Hall–Kier alpha value is -5.66. The number of hydrogen-bond acceptors (Lipinski definition) is 1. The number of nitrogens with zero attached hydrogens (tertiary/aromatic N) is 1. The zero-order chi connectivity index (χ0) is 34.7. The van der Waals surface area contributed by atoms with E-state index in [0.717, 1.165) is 5.69 Å². The second-order valence-electron chi connectivity index (χ2n) is 16.1. The SMILES string of the molecule is CC(C)(C)c1ccc(N(c2ccc3c(c2)C(C)(C)c2ccccc2-3)c2cccc3c2-c2ccccc2C32c3ccccc3-c3ccccc32)cc1. The molecule has 7 aromatic carbocycles. The van der Waals surface area contributed by atoms with Crippen molar-refractivity contribution < 1.29 is 0 Å². The summed E-state index contributed by atoms with van der Waals surface area (Å²) < 4.78 is 0. The third-order valence-corrected chi connectivity index (χ3v) is 12.1. The molecule has 0 saturated heterocycles. The van der Waals surface area contributed by atoms with E-state index < -0.39 is 5.41 Å². The smallest absolute Gasteiger partial charge is 0.0726 e. The maximum absolute atomic E-state index is 2.52. The standard InChI is InChI=1S/C50H41N/c1-48(2,3)32-25-27-33(28-26-32)51(34-29-30-38-35-15-6-10-19-40(35)49(4,5)45(38)31-34)46-24-14-23-44-47(46)39-18-9-13-22-43(39)50(44)41-20-11-7-16-36(41)37-17-8-12-21-42(37)50/h6-31H,1-5H3. The number of benzene rings is 7. The van der Waals surface area contributed by atoms with Gasteiger partial charge in [0.25, 0.3) is 0 Å². The van der Waals surface area contributed by atoms with Gasteiger partial charge in [0.2, 0.25) is 0 Å². The summed E-state index contributed by atoms with van der Waals surface area (Å²) in [5.74, 6) is 0. The molecule has 0 unspecified atom stereocenters. The molecular weight excluding hydrogens is 615 g/mol. The number of fused-ring (bicyclic) bond motifs is 13. The van der Waals surface area contributed by atoms with Crippen LogP contribution in [0.1, 0.15) is 73.6 Å². The van der Waals surface area contributed by atoms with Crippen LogP contribution in [0.2, 0.25) is 0 Å². The summed E-state index contributed by atoms with van der Waals surface area (Å²) in [5, 5.41) is 0. The Bertz CT molecular complexity index is 2500. The van der Waals surface area contributed by atoms with Gasteiger partial charge in [0.05, 0.1) is 11.1 Å². The van der Waals surface area contributed by atoms with Gasteiger partial charge in [-0.3, -0.25) is 0 Å². The van der Waals surface area contributed by atoms with Crippen LogP contribution in [-0.4, -0.2) is 0 Å². The summed E-state index contributed by atoms with van der Waals surface area (Å²) in [7, 11) is 0. The van der Waals surface area contributed by atoms with Crippen LogP contribution >= 0.6 is 0 Å². The average Bonchev–Trinajstić information content (AvgIpc) is 3.71. The monoisotopic (exact) mass is 655 g/mol. The third-order valence-electron chi connectivity index (χ3n) is 12.1. The molecule has 7 aromatic rings. The lowest BCUT2D eigenvalue weighted by Gasteiger charge is -2.32. The van der Waals surface area contributed by atoms with E-state index in [1.54, 1.807) is 0 Å². The van der Waals surface area contributed by atoms with Gasteiger partial charge in [-0.15, -0.1) is 0 Å². The molecule has 0 aliphatic heterocycles. The van der Waals surface area contributed by atoms with Crippen LogP contribution in [0.3, 0.4) is 0 Å². The normalized spacial score (nSPS) is 15.1. The highest BCUT2D eigenvalue weighted by Crippen LogP contribution is 2.64. The minimum atomic E-state index is -0.390. The summed E-state index contributed by atoms with van der Waals surface area (Å²) in [6, 6.07) is 59.7. The van der Waals surface area contributed by atoms with Crippen LogP contribution in [0.25, 0.3) is 33.4 Å². The Balaban J connectivity index is 1.26. The molecule has 1 heteroatoms. The highest BCUT2D eigenvalue weighted by atomic mass is 15.1. The Kier molecular flexibility index (Phi) is 6.18.